The summed E-state index contributed by atoms with van der Waals surface area (Å²) < 4.78 is 15.1. The van der Waals surface area contributed by atoms with Gasteiger partial charge in [-0.25, -0.2) is 14.1 Å². The number of hydrogen-bond acceptors (Lipinski definition) is 4. The van der Waals surface area contributed by atoms with Gasteiger partial charge in [0.15, 0.2) is 0 Å². The third kappa shape index (κ3) is 3.16. The van der Waals surface area contributed by atoms with Gasteiger partial charge in [-0.2, -0.15) is 0 Å². The van der Waals surface area contributed by atoms with E-state index in [4.69, 9.17) is 0 Å². The van der Waals surface area contributed by atoms with E-state index < -0.39 is 0 Å². The van der Waals surface area contributed by atoms with Crippen molar-refractivity contribution in [2.75, 3.05) is 23.8 Å². The molecule has 1 aromatic carbocycles. The van der Waals surface area contributed by atoms with Crippen molar-refractivity contribution in [3.8, 4) is 22.5 Å². The normalized spacial score (nSPS) is 12.0. The summed E-state index contributed by atoms with van der Waals surface area (Å²) in [6.07, 6.45) is 3.50. The summed E-state index contributed by atoms with van der Waals surface area (Å²) in [5.41, 5.74) is 6.96. The molecular formula is C16H16Cl2FN5. The second-order valence-electron chi connectivity index (χ2n) is 5.05. The first kappa shape index (κ1) is 18.0. The largest absolute Gasteiger partial charge is 0.352 e. The van der Waals surface area contributed by atoms with Gasteiger partial charge in [-0.1, -0.05) is 0 Å². The van der Waals surface area contributed by atoms with Crippen LogP contribution in [0.15, 0.2) is 48.8 Å². The standard InChI is InChI=1S/C16H14FN5.2ClH/c17-13-3-1-11(2-4-13)14-15(12-5-7-18-8-6-12)22-16(21-14)19-9-10-20-22;;/h1-8,20H,9-10H2,(H,19,21);2*1H. The quantitative estimate of drug-likeness (QED) is 0.726. The number of nitrogens with zero attached hydrogens (tertiary/aromatic N) is 3. The van der Waals surface area contributed by atoms with Crippen LogP contribution < -0.4 is 10.7 Å². The molecule has 0 fully saturated rings. The number of imidazole rings is 1. The molecule has 2 N–H and O–H groups in total. The van der Waals surface area contributed by atoms with Gasteiger partial charge in [0.25, 0.3) is 0 Å². The summed E-state index contributed by atoms with van der Waals surface area (Å²) in [6.45, 7) is 1.62. The SMILES string of the molecule is Cl.Cl.Fc1ccc(-c2nc3n(c2-c2ccncc2)NCCN3)cc1. The Balaban J connectivity index is 0.00000104. The smallest absolute Gasteiger partial charge is 0.223 e. The lowest BCUT2D eigenvalue weighted by Gasteiger charge is -2.20. The summed E-state index contributed by atoms with van der Waals surface area (Å²) in [5.74, 6) is 0.506. The molecule has 24 heavy (non-hydrogen) atoms. The topological polar surface area (TPSA) is 54.8 Å². The van der Waals surface area contributed by atoms with E-state index in [1.807, 2.05) is 16.8 Å². The number of nitrogens with one attached hydrogen (secondary N) is 2. The molecule has 4 rings (SSSR count). The van der Waals surface area contributed by atoms with Gasteiger partial charge >= 0.3 is 0 Å². The third-order valence-electron chi connectivity index (χ3n) is 3.63. The van der Waals surface area contributed by atoms with Gasteiger partial charge in [0.05, 0.1) is 5.69 Å². The van der Waals surface area contributed by atoms with Gasteiger partial charge in [-0.3, -0.25) is 4.98 Å². The summed E-state index contributed by atoms with van der Waals surface area (Å²) in [7, 11) is 0. The molecule has 3 aromatic rings. The summed E-state index contributed by atoms with van der Waals surface area (Å²) >= 11 is 0. The Labute approximate surface area is 151 Å². The van der Waals surface area contributed by atoms with E-state index >= 15 is 0 Å². The van der Waals surface area contributed by atoms with Crippen molar-refractivity contribution in [1.29, 1.82) is 0 Å². The molecule has 0 unspecified atom stereocenters. The predicted octanol–water partition coefficient (Wildman–Crippen LogP) is 3.56. The monoisotopic (exact) mass is 367 g/mol. The Bertz CT molecular complexity index is 805. The van der Waals surface area contributed by atoms with Crippen LogP contribution in [-0.4, -0.2) is 27.7 Å². The van der Waals surface area contributed by atoms with Gasteiger partial charge in [-0.05, 0) is 36.4 Å². The second-order valence-corrected chi connectivity index (χ2v) is 5.05. The van der Waals surface area contributed by atoms with Crippen molar-refractivity contribution in [3.63, 3.8) is 0 Å². The van der Waals surface area contributed by atoms with Crippen LogP contribution in [0.4, 0.5) is 10.3 Å². The average molecular weight is 368 g/mol. The van der Waals surface area contributed by atoms with Crippen LogP contribution in [-0.2, 0) is 0 Å². The molecule has 126 valence electrons. The van der Waals surface area contributed by atoms with E-state index in [1.165, 1.54) is 12.1 Å². The number of halogens is 3. The molecule has 0 bridgehead atoms. The van der Waals surface area contributed by atoms with Gasteiger partial charge in [0, 0.05) is 36.6 Å². The number of anilines is 1. The molecule has 1 aliphatic rings. The number of hydrogen-bond donors (Lipinski definition) is 2. The summed E-state index contributed by atoms with van der Waals surface area (Å²) in [5, 5.41) is 3.27. The second kappa shape index (κ2) is 7.51. The van der Waals surface area contributed by atoms with E-state index in [1.54, 1.807) is 24.5 Å². The molecule has 0 amide bonds. The lowest BCUT2D eigenvalue weighted by atomic mass is 10.1. The van der Waals surface area contributed by atoms with Crippen LogP contribution in [0.25, 0.3) is 22.5 Å². The number of aromatic nitrogens is 3. The van der Waals surface area contributed by atoms with Crippen LogP contribution in [0.3, 0.4) is 0 Å². The lowest BCUT2D eigenvalue weighted by molar-refractivity contribution is 0.628. The first-order valence-corrected chi connectivity index (χ1v) is 7.10. The average Bonchev–Trinajstić information content (AvgIpc) is 2.96. The number of benzene rings is 1. The molecule has 0 radical (unpaired) electrons. The fourth-order valence-electron chi connectivity index (χ4n) is 2.62. The maximum absolute atomic E-state index is 13.2. The van der Waals surface area contributed by atoms with Crippen LogP contribution in [0, 0.1) is 5.82 Å². The highest BCUT2D eigenvalue weighted by atomic mass is 35.5. The van der Waals surface area contributed by atoms with E-state index in [2.05, 4.69) is 20.7 Å². The maximum atomic E-state index is 13.2. The van der Waals surface area contributed by atoms with Crippen molar-refractivity contribution >= 4 is 30.8 Å². The van der Waals surface area contributed by atoms with Crippen LogP contribution in [0.5, 0.6) is 0 Å². The Hall–Kier alpha value is -2.31. The van der Waals surface area contributed by atoms with Crippen molar-refractivity contribution in [2.45, 2.75) is 0 Å². The Morgan fingerprint density at radius 3 is 2.33 bits per heavy atom. The summed E-state index contributed by atoms with van der Waals surface area (Å²) in [6, 6.07) is 10.3. The summed E-state index contributed by atoms with van der Waals surface area (Å²) in [4.78, 5) is 8.74. The van der Waals surface area contributed by atoms with E-state index in [-0.39, 0.29) is 30.6 Å². The van der Waals surface area contributed by atoms with Crippen LogP contribution >= 0.6 is 24.8 Å². The lowest BCUT2D eigenvalue weighted by Crippen LogP contribution is -2.30. The zero-order valence-corrected chi connectivity index (χ0v) is 14.2. The highest BCUT2D eigenvalue weighted by Crippen LogP contribution is 2.34. The molecule has 8 heteroatoms. The van der Waals surface area contributed by atoms with E-state index in [0.29, 0.717) is 0 Å². The third-order valence-corrected chi connectivity index (χ3v) is 3.63. The molecule has 0 spiro atoms. The van der Waals surface area contributed by atoms with Crippen molar-refractivity contribution in [3.05, 3.63) is 54.6 Å². The fraction of sp³-hybridized carbons (Fsp3) is 0.125. The first-order chi connectivity index (χ1) is 10.8. The first-order valence-electron chi connectivity index (χ1n) is 7.10. The molecule has 5 nitrogen and oxygen atoms in total. The van der Waals surface area contributed by atoms with Crippen molar-refractivity contribution in [2.24, 2.45) is 0 Å². The van der Waals surface area contributed by atoms with Crippen molar-refractivity contribution < 1.29 is 4.39 Å². The highest BCUT2D eigenvalue weighted by Gasteiger charge is 2.21. The minimum Gasteiger partial charge on any atom is -0.352 e. The minimum atomic E-state index is -0.255. The maximum Gasteiger partial charge on any atom is 0.223 e. The number of rotatable bonds is 2. The molecule has 0 aliphatic carbocycles. The zero-order chi connectivity index (χ0) is 14.9. The molecule has 1 aliphatic heterocycles. The highest BCUT2D eigenvalue weighted by molar-refractivity contribution is 5.85. The number of fused-ring (bicyclic) bond motifs is 1. The van der Waals surface area contributed by atoms with Gasteiger partial charge in [-0.15, -0.1) is 24.8 Å². The van der Waals surface area contributed by atoms with Gasteiger partial charge < -0.3 is 10.7 Å². The molecule has 0 saturated carbocycles. The number of pyridine rings is 1. The molecule has 0 saturated heterocycles. The predicted molar refractivity (Wildman–Crippen MR) is 98.1 cm³/mol. The molecule has 2 aromatic heterocycles. The minimum absolute atomic E-state index is 0. The van der Waals surface area contributed by atoms with Gasteiger partial charge in [0.1, 0.15) is 11.5 Å². The van der Waals surface area contributed by atoms with Crippen LogP contribution in [0.1, 0.15) is 0 Å². The Kier molecular flexibility index (Phi) is 5.64. The van der Waals surface area contributed by atoms with Crippen molar-refractivity contribution in [1.82, 2.24) is 14.6 Å². The van der Waals surface area contributed by atoms with E-state index in [0.717, 1.165) is 41.6 Å². The van der Waals surface area contributed by atoms with E-state index in [9.17, 15) is 4.39 Å². The molecule has 3 heterocycles. The van der Waals surface area contributed by atoms with Gasteiger partial charge in [0.2, 0.25) is 5.95 Å². The molecule has 0 atom stereocenters. The zero-order valence-electron chi connectivity index (χ0n) is 12.6. The fourth-order valence-corrected chi connectivity index (χ4v) is 2.62. The Morgan fingerprint density at radius 2 is 1.62 bits per heavy atom. The molecular weight excluding hydrogens is 352 g/mol. The van der Waals surface area contributed by atoms with Crippen LogP contribution in [0.2, 0.25) is 0 Å². The Morgan fingerprint density at radius 1 is 0.917 bits per heavy atom.